The first-order chi connectivity index (χ1) is 8.34. The van der Waals surface area contributed by atoms with Gasteiger partial charge >= 0.3 is 0 Å². The third-order valence-electron chi connectivity index (χ3n) is 3.48. The highest BCUT2D eigenvalue weighted by atomic mass is 19.1. The summed E-state index contributed by atoms with van der Waals surface area (Å²) < 4.78 is 14.0. The molecule has 1 N–H and O–H groups in total. The lowest BCUT2D eigenvalue weighted by Crippen LogP contribution is -1.95. The Kier molecular flexibility index (Phi) is 2.63. The average Bonchev–Trinajstić information content (AvgIpc) is 3.02. The van der Waals surface area contributed by atoms with Crippen molar-refractivity contribution in [3.8, 4) is 11.4 Å². The lowest BCUT2D eigenvalue weighted by Gasteiger charge is -2.10. The van der Waals surface area contributed by atoms with Crippen molar-refractivity contribution >= 4 is 0 Å². The van der Waals surface area contributed by atoms with Crippen LogP contribution in [0.3, 0.4) is 0 Å². The minimum Gasteiger partial charge on any atom is -0.265 e. The predicted octanol–water partition coefficient (Wildman–Crippen LogP) is 3.27. The molecule has 3 nitrogen and oxygen atoms in total. The summed E-state index contributed by atoms with van der Waals surface area (Å²) in [5, 5.41) is 6.50. The molecule has 0 aliphatic heterocycles. The molecule has 1 aliphatic carbocycles. The average molecular weight is 231 g/mol. The fraction of sp³-hybridized carbons (Fsp3) is 0.385. The summed E-state index contributed by atoms with van der Waals surface area (Å²) in [5.74, 6) is 0.722. The largest absolute Gasteiger partial charge is 0.265 e. The Hall–Kier alpha value is -1.71. The molecular weight excluding hydrogens is 217 g/mol. The molecule has 0 spiro atoms. The van der Waals surface area contributed by atoms with E-state index in [2.05, 4.69) is 15.2 Å². The molecule has 3 rings (SSSR count). The van der Waals surface area contributed by atoms with E-state index in [-0.39, 0.29) is 5.82 Å². The van der Waals surface area contributed by atoms with Gasteiger partial charge in [0.1, 0.15) is 12.1 Å². The summed E-state index contributed by atoms with van der Waals surface area (Å²) in [5.41, 5.74) is 1.58. The minimum absolute atomic E-state index is 0.228. The molecule has 1 aromatic heterocycles. The van der Waals surface area contributed by atoms with Gasteiger partial charge in [0.25, 0.3) is 0 Å². The van der Waals surface area contributed by atoms with E-state index in [1.54, 1.807) is 12.1 Å². The van der Waals surface area contributed by atoms with E-state index in [0.717, 1.165) is 5.56 Å². The number of hydrogen-bond donors (Lipinski definition) is 1. The molecule has 1 saturated carbocycles. The van der Waals surface area contributed by atoms with Crippen LogP contribution in [0.1, 0.15) is 37.2 Å². The highest BCUT2D eigenvalue weighted by molar-refractivity contribution is 5.56. The Balaban J connectivity index is 1.94. The van der Waals surface area contributed by atoms with Gasteiger partial charge in [0, 0.05) is 0 Å². The first-order valence-electron chi connectivity index (χ1n) is 6.00. The quantitative estimate of drug-likeness (QED) is 0.861. The molecule has 0 radical (unpaired) electrons. The second-order valence-corrected chi connectivity index (χ2v) is 4.54. The highest BCUT2D eigenvalue weighted by Crippen LogP contribution is 2.35. The van der Waals surface area contributed by atoms with Crippen molar-refractivity contribution in [1.82, 2.24) is 15.2 Å². The molecule has 1 fully saturated rings. The van der Waals surface area contributed by atoms with Crippen LogP contribution < -0.4 is 0 Å². The van der Waals surface area contributed by atoms with E-state index in [1.807, 2.05) is 6.07 Å². The topological polar surface area (TPSA) is 41.6 Å². The van der Waals surface area contributed by atoms with Gasteiger partial charge in [-0.25, -0.2) is 9.37 Å². The van der Waals surface area contributed by atoms with Crippen molar-refractivity contribution < 1.29 is 4.39 Å². The van der Waals surface area contributed by atoms with Crippen molar-refractivity contribution in [2.45, 2.75) is 31.6 Å². The molecular formula is C13H14FN3. The Morgan fingerprint density at radius 3 is 2.71 bits per heavy atom. The molecule has 1 aliphatic rings. The third kappa shape index (κ3) is 1.95. The zero-order chi connectivity index (χ0) is 11.7. The van der Waals surface area contributed by atoms with Gasteiger partial charge in [-0.2, -0.15) is 5.10 Å². The highest BCUT2D eigenvalue weighted by Gasteiger charge is 2.19. The fourth-order valence-corrected chi connectivity index (χ4v) is 2.56. The van der Waals surface area contributed by atoms with Gasteiger partial charge in [-0.15, -0.1) is 0 Å². The van der Waals surface area contributed by atoms with Crippen LogP contribution in [0.2, 0.25) is 0 Å². The van der Waals surface area contributed by atoms with Crippen LogP contribution in [-0.4, -0.2) is 15.2 Å². The lowest BCUT2D eigenvalue weighted by molar-refractivity contribution is 0.621. The Morgan fingerprint density at radius 2 is 2.06 bits per heavy atom. The lowest BCUT2D eigenvalue weighted by atomic mass is 9.96. The molecule has 0 unspecified atom stereocenters. The maximum absolute atomic E-state index is 14.0. The number of aromatic nitrogens is 3. The fourth-order valence-electron chi connectivity index (χ4n) is 2.56. The second kappa shape index (κ2) is 4.28. The number of benzene rings is 1. The van der Waals surface area contributed by atoms with Crippen molar-refractivity contribution in [1.29, 1.82) is 0 Å². The SMILES string of the molecule is Fc1cc(C2CCCC2)ccc1-c1nc[nH]n1. The smallest absolute Gasteiger partial charge is 0.183 e. The van der Waals surface area contributed by atoms with Gasteiger partial charge in [0.05, 0.1) is 5.56 Å². The zero-order valence-electron chi connectivity index (χ0n) is 9.49. The molecule has 2 aromatic rings. The van der Waals surface area contributed by atoms with E-state index in [9.17, 15) is 4.39 Å². The van der Waals surface area contributed by atoms with Gasteiger partial charge in [-0.1, -0.05) is 18.9 Å². The van der Waals surface area contributed by atoms with Crippen LogP contribution >= 0.6 is 0 Å². The van der Waals surface area contributed by atoms with Crippen molar-refractivity contribution in [3.05, 3.63) is 35.9 Å². The molecule has 17 heavy (non-hydrogen) atoms. The van der Waals surface area contributed by atoms with Gasteiger partial charge in [0.15, 0.2) is 5.82 Å². The standard InChI is InChI=1S/C13H14FN3/c14-12-7-10(9-3-1-2-4-9)5-6-11(12)13-15-8-16-17-13/h5-9H,1-4H2,(H,15,16,17). The number of nitrogens with one attached hydrogen (secondary N) is 1. The molecule has 1 aromatic carbocycles. The van der Waals surface area contributed by atoms with Crippen LogP contribution in [0.15, 0.2) is 24.5 Å². The molecule has 0 amide bonds. The van der Waals surface area contributed by atoms with E-state index in [4.69, 9.17) is 0 Å². The van der Waals surface area contributed by atoms with Crippen molar-refractivity contribution in [3.63, 3.8) is 0 Å². The Bertz CT molecular complexity index is 501. The number of halogens is 1. The summed E-state index contributed by atoms with van der Waals surface area (Å²) in [6.45, 7) is 0. The summed E-state index contributed by atoms with van der Waals surface area (Å²) in [6.07, 6.45) is 6.34. The first kappa shape index (κ1) is 10.4. The molecule has 88 valence electrons. The maximum Gasteiger partial charge on any atom is 0.183 e. The van der Waals surface area contributed by atoms with Crippen LogP contribution in [0, 0.1) is 5.82 Å². The predicted molar refractivity (Wildman–Crippen MR) is 63.0 cm³/mol. The molecule has 1 heterocycles. The number of rotatable bonds is 2. The summed E-state index contributed by atoms with van der Waals surface area (Å²) in [6, 6.07) is 5.43. The number of nitrogens with zero attached hydrogens (tertiary/aromatic N) is 2. The van der Waals surface area contributed by atoms with Gasteiger partial charge < -0.3 is 0 Å². The van der Waals surface area contributed by atoms with E-state index < -0.39 is 0 Å². The van der Waals surface area contributed by atoms with Crippen LogP contribution in [0.25, 0.3) is 11.4 Å². The molecule has 0 bridgehead atoms. The zero-order valence-corrected chi connectivity index (χ0v) is 9.49. The third-order valence-corrected chi connectivity index (χ3v) is 3.48. The molecule has 4 heteroatoms. The van der Waals surface area contributed by atoms with Crippen LogP contribution in [0.4, 0.5) is 4.39 Å². The van der Waals surface area contributed by atoms with Crippen molar-refractivity contribution in [2.75, 3.05) is 0 Å². The van der Waals surface area contributed by atoms with Gasteiger partial charge in [-0.05, 0) is 36.5 Å². The second-order valence-electron chi connectivity index (χ2n) is 4.54. The summed E-state index contributed by atoms with van der Waals surface area (Å²) in [4.78, 5) is 3.97. The first-order valence-corrected chi connectivity index (χ1v) is 6.00. The summed E-state index contributed by atoms with van der Waals surface area (Å²) >= 11 is 0. The summed E-state index contributed by atoms with van der Waals surface area (Å²) in [7, 11) is 0. The number of hydrogen-bond acceptors (Lipinski definition) is 2. The van der Waals surface area contributed by atoms with Crippen LogP contribution in [0.5, 0.6) is 0 Å². The number of H-pyrrole nitrogens is 1. The molecule has 0 saturated heterocycles. The monoisotopic (exact) mass is 231 g/mol. The maximum atomic E-state index is 14.0. The Morgan fingerprint density at radius 1 is 1.24 bits per heavy atom. The normalized spacial score (nSPS) is 16.5. The van der Waals surface area contributed by atoms with E-state index >= 15 is 0 Å². The van der Waals surface area contributed by atoms with E-state index in [0.29, 0.717) is 17.3 Å². The van der Waals surface area contributed by atoms with Crippen LogP contribution in [-0.2, 0) is 0 Å². The molecule has 0 atom stereocenters. The van der Waals surface area contributed by atoms with E-state index in [1.165, 1.54) is 32.0 Å². The Labute approximate surface area is 99.1 Å². The van der Waals surface area contributed by atoms with Crippen molar-refractivity contribution in [2.24, 2.45) is 0 Å². The van der Waals surface area contributed by atoms with Gasteiger partial charge in [-0.3, -0.25) is 5.10 Å². The van der Waals surface area contributed by atoms with Gasteiger partial charge in [0.2, 0.25) is 0 Å². The minimum atomic E-state index is -0.228. The number of aromatic amines is 1.